The van der Waals surface area contributed by atoms with Crippen LogP contribution in [0.15, 0.2) is 24.3 Å². The average molecular weight is 170 g/mol. The van der Waals surface area contributed by atoms with Crippen molar-refractivity contribution in [3.8, 4) is 0 Å². The highest BCUT2D eigenvalue weighted by Crippen LogP contribution is 1.93. The molecule has 0 aliphatic heterocycles. The molecule has 0 aliphatic carbocycles. The van der Waals surface area contributed by atoms with Crippen molar-refractivity contribution in [3.05, 3.63) is 24.3 Å². The van der Waals surface area contributed by atoms with Gasteiger partial charge in [0, 0.05) is 0 Å². The maximum atomic E-state index is 8.88. The Morgan fingerprint density at radius 2 is 1.25 bits per heavy atom. The first-order chi connectivity index (χ1) is 5.63. The van der Waals surface area contributed by atoms with Crippen LogP contribution in [0.1, 0.15) is 26.7 Å². The smallest absolute Gasteiger partial charge is 0.0546 e. The fraction of sp³-hybridized carbons (Fsp3) is 0.600. The van der Waals surface area contributed by atoms with Crippen LogP contribution in [0.4, 0.5) is 0 Å². The van der Waals surface area contributed by atoms with Crippen LogP contribution >= 0.6 is 0 Å². The molecule has 0 heterocycles. The molecule has 0 saturated carbocycles. The Bertz CT molecular complexity index is 128. The van der Waals surface area contributed by atoms with Crippen molar-refractivity contribution in [2.24, 2.45) is 0 Å². The molecule has 0 amide bonds. The summed E-state index contributed by atoms with van der Waals surface area (Å²) in [6.07, 6.45) is 8.40. The number of aliphatic hydroxyl groups is 2. The monoisotopic (exact) mass is 170 g/mol. The number of allylic oxidation sites excluding steroid dienone is 2. The quantitative estimate of drug-likeness (QED) is 0.616. The molecule has 0 fully saturated rings. The van der Waals surface area contributed by atoms with E-state index in [4.69, 9.17) is 10.2 Å². The second kappa shape index (κ2) is 7.07. The highest BCUT2D eigenvalue weighted by atomic mass is 16.3. The van der Waals surface area contributed by atoms with Crippen LogP contribution in [-0.4, -0.2) is 22.4 Å². The SMILES string of the molecule is CC(O)CC=CC=CC[C@@H](C)O. The molecular formula is C10H18O2. The van der Waals surface area contributed by atoms with Gasteiger partial charge in [0.15, 0.2) is 0 Å². The van der Waals surface area contributed by atoms with E-state index in [0.29, 0.717) is 12.8 Å². The molecule has 2 atom stereocenters. The summed E-state index contributed by atoms with van der Waals surface area (Å²) < 4.78 is 0. The molecular weight excluding hydrogens is 152 g/mol. The molecule has 0 aromatic heterocycles. The van der Waals surface area contributed by atoms with Gasteiger partial charge in [-0.3, -0.25) is 0 Å². The van der Waals surface area contributed by atoms with Crippen LogP contribution in [0.2, 0.25) is 0 Å². The minimum Gasteiger partial charge on any atom is -0.393 e. The third-order valence-electron chi connectivity index (χ3n) is 1.34. The first-order valence-electron chi connectivity index (χ1n) is 4.30. The van der Waals surface area contributed by atoms with Gasteiger partial charge in [-0.25, -0.2) is 0 Å². The number of aliphatic hydroxyl groups excluding tert-OH is 2. The molecule has 0 spiro atoms. The summed E-state index contributed by atoms with van der Waals surface area (Å²) >= 11 is 0. The fourth-order valence-electron chi connectivity index (χ4n) is 0.708. The van der Waals surface area contributed by atoms with Crippen molar-refractivity contribution in [2.75, 3.05) is 0 Å². The van der Waals surface area contributed by atoms with E-state index in [1.165, 1.54) is 0 Å². The molecule has 2 heteroatoms. The molecule has 0 aromatic rings. The molecule has 0 rings (SSSR count). The molecule has 0 radical (unpaired) electrons. The molecule has 0 aliphatic rings. The highest BCUT2D eigenvalue weighted by Gasteiger charge is 1.88. The third-order valence-corrected chi connectivity index (χ3v) is 1.34. The van der Waals surface area contributed by atoms with Gasteiger partial charge in [0.25, 0.3) is 0 Å². The predicted molar refractivity (Wildman–Crippen MR) is 50.9 cm³/mol. The largest absolute Gasteiger partial charge is 0.393 e. The fourth-order valence-corrected chi connectivity index (χ4v) is 0.708. The Morgan fingerprint density at radius 1 is 0.917 bits per heavy atom. The lowest BCUT2D eigenvalue weighted by Crippen LogP contribution is -1.95. The van der Waals surface area contributed by atoms with Gasteiger partial charge in [0.05, 0.1) is 12.2 Å². The summed E-state index contributed by atoms with van der Waals surface area (Å²) in [4.78, 5) is 0. The van der Waals surface area contributed by atoms with E-state index >= 15 is 0 Å². The van der Waals surface area contributed by atoms with E-state index in [9.17, 15) is 0 Å². The minimum absolute atomic E-state index is 0.272. The zero-order valence-corrected chi connectivity index (χ0v) is 7.77. The van der Waals surface area contributed by atoms with Crippen molar-refractivity contribution in [3.63, 3.8) is 0 Å². The molecule has 1 unspecified atom stereocenters. The van der Waals surface area contributed by atoms with Gasteiger partial charge >= 0.3 is 0 Å². The summed E-state index contributed by atoms with van der Waals surface area (Å²) in [7, 11) is 0. The van der Waals surface area contributed by atoms with Crippen molar-refractivity contribution in [1.82, 2.24) is 0 Å². The Hall–Kier alpha value is -0.600. The maximum Gasteiger partial charge on any atom is 0.0546 e. The van der Waals surface area contributed by atoms with E-state index in [2.05, 4.69) is 0 Å². The molecule has 0 bridgehead atoms. The Labute approximate surface area is 74.2 Å². The Balaban J connectivity index is 3.39. The van der Waals surface area contributed by atoms with Crippen LogP contribution in [0.5, 0.6) is 0 Å². The van der Waals surface area contributed by atoms with E-state index in [1.807, 2.05) is 24.3 Å². The van der Waals surface area contributed by atoms with E-state index in [1.54, 1.807) is 13.8 Å². The highest BCUT2D eigenvalue weighted by molar-refractivity contribution is 5.02. The van der Waals surface area contributed by atoms with E-state index in [0.717, 1.165) is 0 Å². The molecule has 0 saturated heterocycles. The maximum absolute atomic E-state index is 8.88. The first kappa shape index (κ1) is 11.4. The second-order valence-electron chi connectivity index (χ2n) is 3.03. The summed E-state index contributed by atoms with van der Waals surface area (Å²) in [6, 6.07) is 0. The van der Waals surface area contributed by atoms with Gasteiger partial charge in [-0.1, -0.05) is 24.3 Å². The zero-order chi connectivity index (χ0) is 9.40. The average Bonchev–Trinajstić information content (AvgIpc) is 1.95. The van der Waals surface area contributed by atoms with Crippen molar-refractivity contribution in [1.29, 1.82) is 0 Å². The summed E-state index contributed by atoms with van der Waals surface area (Å²) in [5.41, 5.74) is 0. The van der Waals surface area contributed by atoms with Crippen molar-refractivity contribution < 1.29 is 10.2 Å². The standard InChI is InChI=1S/C10H18O2/c1-9(11)7-5-3-4-6-8-10(2)12/h3-6,9-12H,7-8H2,1-2H3/t9-,10?/m1/s1. The first-order valence-corrected chi connectivity index (χ1v) is 4.30. The van der Waals surface area contributed by atoms with Gasteiger partial charge < -0.3 is 10.2 Å². The van der Waals surface area contributed by atoms with Crippen LogP contribution in [-0.2, 0) is 0 Å². The van der Waals surface area contributed by atoms with Crippen molar-refractivity contribution >= 4 is 0 Å². The second-order valence-corrected chi connectivity index (χ2v) is 3.03. The van der Waals surface area contributed by atoms with Crippen LogP contribution in [0.3, 0.4) is 0 Å². The lowest BCUT2D eigenvalue weighted by atomic mass is 10.2. The zero-order valence-electron chi connectivity index (χ0n) is 7.77. The van der Waals surface area contributed by atoms with Crippen LogP contribution < -0.4 is 0 Å². The Morgan fingerprint density at radius 3 is 1.50 bits per heavy atom. The van der Waals surface area contributed by atoms with Gasteiger partial charge in [-0.2, -0.15) is 0 Å². The van der Waals surface area contributed by atoms with Crippen LogP contribution in [0.25, 0.3) is 0 Å². The van der Waals surface area contributed by atoms with Gasteiger partial charge in [0.2, 0.25) is 0 Å². The van der Waals surface area contributed by atoms with E-state index in [-0.39, 0.29) is 12.2 Å². The lowest BCUT2D eigenvalue weighted by molar-refractivity contribution is 0.197. The summed E-state index contributed by atoms with van der Waals surface area (Å²) in [5.74, 6) is 0. The molecule has 0 aromatic carbocycles. The number of hydrogen-bond donors (Lipinski definition) is 2. The van der Waals surface area contributed by atoms with Crippen LogP contribution in [0, 0.1) is 0 Å². The third kappa shape index (κ3) is 9.40. The molecule has 2 N–H and O–H groups in total. The van der Waals surface area contributed by atoms with Gasteiger partial charge in [0.1, 0.15) is 0 Å². The number of rotatable bonds is 5. The van der Waals surface area contributed by atoms with E-state index < -0.39 is 0 Å². The lowest BCUT2D eigenvalue weighted by Gasteiger charge is -1.95. The molecule has 12 heavy (non-hydrogen) atoms. The predicted octanol–water partition coefficient (Wildman–Crippen LogP) is 1.64. The summed E-state index contributed by atoms with van der Waals surface area (Å²) in [5, 5.41) is 17.8. The minimum atomic E-state index is -0.272. The Kier molecular flexibility index (Phi) is 6.72. The summed E-state index contributed by atoms with van der Waals surface area (Å²) in [6.45, 7) is 3.51. The molecule has 70 valence electrons. The number of hydrogen-bond acceptors (Lipinski definition) is 2. The normalized spacial score (nSPS) is 17.3. The van der Waals surface area contributed by atoms with Gasteiger partial charge in [-0.05, 0) is 26.7 Å². The van der Waals surface area contributed by atoms with Crippen molar-refractivity contribution in [2.45, 2.75) is 38.9 Å². The topological polar surface area (TPSA) is 40.5 Å². The van der Waals surface area contributed by atoms with Gasteiger partial charge in [-0.15, -0.1) is 0 Å². The molecule has 2 nitrogen and oxygen atoms in total.